The summed E-state index contributed by atoms with van der Waals surface area (Å²) in [7, 11) is 0. The number of rotatable bonds is 3. The van der Waals surface area contributed by atoms with Crippen molar-refractivity contribution >= 4 is 17.2 Å². The van der Waals surface area contributed by atoms with Crippen LogP contribution in [-0.2, 0) is 19.5 Å². The Morgan fingerprint density at radius 3 is 2.88 bits per heavy atom. The van der Waals surface area contributed by atoms with Crippen molar-refractivity contribution in [3.63, 3.8) is 0 Å². The maximum absolute atomic E-state index is 12.9. The van der Waals surface area contributed by atoms with E-state index in [2.05, 4.69) is 18.9 Å². The number of nitrogens with zero attached hydrogens (tertiary/aromatic N) is 4. The lowest BCUT2D eigenvalue weighted by Gasteiger charge is -2.27. The van der Waals surface area contributed by atoms with Crippen LogP contribution in [0.3, 0.4) is 0 Å². The molecule has 0 aliphatic carbocycles. The Morgan fingerprint density at radius 1 is 1.38 bits per heavy atom. The molecule has 2 aliphatic heterocycles. The normalized spacial score (nSPS) is 22.7. The van der Waals surface area contributed by atoms with Gasteiger partial charge in [-0.15, -0.1) is 11.3 Å². The van der Waals surface area contributed by atoms with Gasteiger partial charge in [0.2, 0.25) is 0 Å². The van der Waals surface area contributed by atoms with E-state index in [-0.39, 0.29) is 23.7 Å². The van der Waals surface area contributed by atoms with Gasteiger partial charge in [-0.3, -0.25) is 9.36 Å². The molecule has 0 spiro atoms. The van der Waals surface area contributed by atoms with Crippen LogP contribution in [0.15, 0.2) is 22.3 Å². The summed E-state index contributed by atoms with van der Waals surface area (Å²) < 4.78 is 3.39. The van der Waals surface area contributed by atoms with Crippen molar-refractivity contribution in [2.75, 3.05) is 0 Å². The van der Waals surface area contributed by atoms with E-state index in [0.29, 0.717) is 25.4 Å². The zero-order valence-electron chi connectivity index (χ0n) is 14.0. The van der Waals surface area contributed by atoms with Crippen LogP contribution in [0.2, 0.25) is 0 Å². The molecule has 128 valence electrons. The molecule has 2 atom stereocenters. The predicted octanol–water partition coefficient (Wildman–Crippen LogP) is 1.99. The first-order valence-corrected chi connectivity index (χ1v) is 9.45. The van der Waals surface area contributed by atoms with Gasteiger partial charge in [0, 0.05) is 25.6 Å². The quantitative estimate of drug-likeness (QED) is 0.854. The number of amides is 1. The molecule has 6 nitrogen and oxygen atoms in total. The Bertz CT molecular complexity index is 805. The molecule has 2 aromatic heterocycles. The van der Waals surface area contributed by atoms with Gasteiger partial charge in [-0.1, -0.05) is 19.9 Å². The molecular formula is C17H22N4O2S. The number of hydrogen-bond donors (Lipinski definition) is 0. The van der Waals surface area contributed by atoms with Gasteiger partial charge < -0.3 is 4.90 Å². The van der Waals surface area contributed by atoms with E-state index in [0.717, 1.165) is 23.5 Å². The Morgan fingerprint density at radius 2 is 2.17 bits per heavy atom. The first kappa shape index (κ1) is 15.6. The zero-order chi connectivity index (χ0) is 16.8. The number of aromatic nitrogens is 3. The third kappa shape index (κ3) is 2.51. The van der Waals surface area contributed by atoms with Gasteiger partial charge in [0.1, 0.15) is 5.82 Å². The van der Waals surface area contributed by atoms with E-state index < -0.39 is 0 Å². The molecule has 2 bridgehead atoms. The van der Waals surface area contributed by atoms with Gasteiger partial charge in [0.15, 0.2) is 0 Å². The minimum atomic E-state index is -0.0326. The third-order valence-corrected chi connectivity index (χ3v) is 5.79. The average molecular weight is 346 g/mol. The van der Waals surface area contributed by atoms with Crippen LogP contribution in [0, 0.1) is 5.92 Å². The Labute approximate surface area is 144 Å². The summed E-state index contributed by atoms with van der Waals surface area (Å²) in [4.78, 5) is 28.3. The van der Waals surface area contributed by atoms with Crippen LogP contribution < -0.4 is 5.69 Å². The van der Waals surface area contributed by atoms with Crippen molar-refractivity contribution in [3.05, 3.63) is 38.7 Å². The summed E-state index contributed by atoms with van der Waals surface area (Å²) in [5.41, 5.74) is -0.0326. The van der Waals surface area contributed by atoms with Crippen LogP contribution >= 0.6 is 11.3 Å². The average Bonchev–Trinajstić information content (AvgIpc) is 3.20. The molecule has 2 aromatic rings. The first-order valence-electron chi connectivity index (χ1n) is 8.57. The van der Waals surface area contributed by atoms with Gasteiger partial charge in [0.25, 0.3) is 5.91 Å². The van der Waals surface area contributed by atoms with E-state index in [4.69, 9.17) is 0 Å². The summed E-state index contributed by atoms with van der Waals surface area (Å²) in [5, 5.41) is 6.49. The summed E-state index contributed by atoms with van der Waals surface area (Å²) >= 11 is 1.48. The van der Waals surface area contributed by atoms with Crippen LogP contribution in [-0.4, -0.2) is 37.2 Å². The number of thiophene rings is 1. The minimum Gasteiger partial charge on any atom is -0.330 e. The van der Waals surface area contributed by atoms with Crippen LogP contribution in [0.5, 0.6) is 0 Å². The maximum atomic E-state index is 12.9. The summed E-state index contributed by atoms with van der Waals surface area (Å²) in [6, 6.07) is 4.04. The van der Waals surface area contributed by atoms with Gasteiger partial charge in [-0.2, -0.15) is 5.10 Å². The predicted molar refractivity (Wildman–Crippen MR) is 92.3 cm³/mol. The van der Waals surface area contributed by atoms with Crippen molar-refractivity contribution in [1.29, 1.82) is 0 Å². The highest BCUT2D eigenvalue weighted by molar-refractivity contribution is 7.12. The van der Waals surface area contributed by atoms with E-state index >= 15 is 0 Å². The molecule has 1 amide bonds. The van der Waals surface area contributed by atoms with Crippen LogP contribution in [0.1, 0.15) is 42.2 Å². The lowest BCUT2D eigenvalue weighted by Crippen LogP contribution is -2.42. The van der Waals surface area contributed by atoms with Crippen molar-refractivity contribution < 1.29 is 4.79 Å². The van der Waals surface area contributed by atoms with Crippen LogP contribution in [0.25, 0.3) is 0 Å². The molecular weight excluding hydrogens is 324 g/mol. The highest BCUT2D eigenvalue weighted by Gasteiger charge is 2.41. The fraction of sp³-hybridized carbons (Fsp3) is 0.588. The van der Waals surface area contributed by atoms with Gasteiger partial charge >= 0.3 is 5.69 Å². The molecule has 0 radical (unpaired) electrons. The van der Waals surface area contributed by atoms with Gasteiger partial charge in [0.05, 0.1) is 10.9 Å². The monoisotopic (exact) mass is 346 g/mol. The third-order valence-electron chi connectivity index (χ3n) is 4.94. The number of hydrogen-bond acceptors (Lipinski definition) is 4. The fourth-order valence-electron chi connectivity index (χ4n) is 3.91. The smallest absolute Gasteiger partial charge is 0.330 e. The molecule has 4 rings (SSSR count). The first-order chi connectivity index (χ1) is 11.5. The summed E-state index contributed by atoms with van der Waals surface area (Å²) in [5.74, 6) is 1.32. The standard InChI is InChI=1S/C17H22N4O2S/c1-11(2)9-20-17(23)19-10-13-6-5-12(8-15(19)18-20)21(13)16(22)14-4-3-7-24-14/h3-4,7,11-13H,5-6,8-10H2,1-2H3/t12-,13+/m0/s1. The molecule has 4 heterocycles. The second-order valence-electron chi connectivity index (χ2n) is 7.16. The largest absolute Gasteiger partial charge is 0.345 e. The van der Waals surface area contributed by atoms with Crippen molar-refractivity contribution in [2.24, 2.45) is 5.92 Å². The summed E-state index contributed by atoms with van der Waals surface area (Å²) in [6.07, 6.45) is 2.63. The zero-order valence-corrected chi connectivity index (χ0v) is 14.8. The highest BCUT2D eigenvalue weighted by atomic mass is 32.1. The topological polar surface area (TPSA) is 60.1 Å². The lowest BCUT2D eigenvalue weighted by atomic mass is 10.1. The molecule has 0 saturated carbocycles. The van der Waals surface area contributed by atoms with E-state index in [9.17, 15) is 9.59 Å². The number of fused-ring (bicyclic) bond motifs is 3. The highest BCUT2D eigenvalue weighted by Crippen LogP contribution is 2.32. The number of carbonyl (C=O) groups excluding carboxylic acids is 1. The molecule has 24 heavy (non-hydrogen) atoms. The molecule has 0 aromatic carbocycles. The van der Waals surface area contributed by atoms with Gasteiger partial charge in [-0.05, 0) is 30.2 Å². The summed E-state index contributed by atoms with van der Waals surface area (Å²) in [6.45, 7) is 5.39. The second-order valence-corrected chi connectivity index (χ2v) is 8.11. The molecule has 0 N–H and O–H groups in total. The lowest BCUT2D eigenvalue weighted by molar-refractivity contribution is 0.0670. The maximum Gasteiger partial charge on any atom is 0.345 e. The molecule has 7 heteroatoms. The SMILES string of the molecule is CC(C)Cn1nc2n(c1=O)C[C@H]1CC[C@@H](C2)N1C(=O)c1cccs1. The van der Waals surface area contributed by atoms with Crippen LogP contribution in [0.4, 0.5) is 0 Å². The fourth-order valence-corrected chi connectivity index (χ4v) is 4.57. The Hall–Kier alpha value is -1.89. The van der Waals surface area contributed by atoms with Crippen molar-refractivity contribution in [3.8, 4) is 0 Å². The Balaban J connectivity index is 1.65. The van der Waals surface area contributed by atoms with Crippen molar-refractivity contribution in [2.45, 2.75) is 58.3 Å². The minimum absolute atomic E-state index is 0.0326. The molecule has 2 aliphatic rings. The van der Waals surface area contributed by atoms with Crippen molar-refractivity contribution in [1.82, 2.24) is 19.2 Å². The molecule has 1 fully saturated rings. The second kappa shape index (κ2) is 5.88. The molecule has 1 saturated heterocycles. The molecule has 0 unspecified atom stereocenters. The van der Waals surface area contributed by atoms with E-state index in [1.165, 1.54) is 11.3 Å². The number of carbonyl (C=O) groups is 1. The van der Waals surface area contributed by atoms with Gasteiger partial charge in [-0.25, -0.2) is 9.48 Å². The van der Waals surface area contributed by atoms with E-state index in [1.807, 2.05) is 22.4 Å². The van der Waals surface area contributed by atoms with E-state index in [1.54, 1.807) is 9.25 Å². The Kier molecular flexibility index (Phi) is 3.83.